The van der Waals surface area contributed by atoms with Crippen molar-refractivity contribution in [2.24, 2.45) is 0 Å². The van der Waals surface area contributed by atoms with E-state index in [-0.39, 0.29) is 5.97 Å². The molecule has 0 spiro atoms. The lowest BCUT2D eigenvalue weighted by atomic mass is 10.1. The number of hydrogen-bond donors (Lipinski definition) is 0. The van der Waals surface area contributed by atoms with Gasteiger partial charge in [0, 0.05) is 6.42 Å². The van der Waals surface area contributed by atoms with Crippen molar-refractivity contribution in [1.82, 2.24) is 0 Å². The van der Waals surface area contributed by atoms with Crippen molar-refractivity contribution in [2.45, 2.75) is 26.7 Å². The van der Waals surface area contributed by atoms with Gasteiger partial charge in [0.15, 0.2) is 0 Å². The molecular formula is C17H20O3. The molecule has 0 heterocycles. The zero-order chi connectivity index (χ0) is 14.4. The van der Waals surface area contributed by atoms with Crippen LogP contribution in [0.25, 0.3) is 10.8 Å². The molecule has 0 N–H and O–H groups in total. The summed E-state index contributed by atoms with van der Waals surface area (Å²) >= 11 is 0. The Balaban J connectivity index is 1.89. The van der Waals surface area contributed by atoms with Crippen LogP contribution < -0.4 is 4.74 Å². The molecule has 0 saturated heterocycles. The molecule has 106 valence electrons. The van der Waals surface area contributed by atoms with Gasteiger partial charge in [-0.1, -0.05) is 24.3 Å². The molecule has 3 nitrogen and oxygen atoms in total. The van der Waals surface area contributed by atoms with Gasteiger partial charge < -0.3 is 9.47 Å². The van der Waals surface area contributed by atoms with E-state index in [0.717, 1.165) is 5.75 Å². The number of rotatable bonds is 6. The van der Waals surface area contributed by atoms with E-state index in [1.165, 1.54) is 16.3 Å². The topological polar surface area (TPSA) is 35.5 Å². The smallest absolute Gasteiger partial charge is 0.305 e. The summed E-state index contributed by atoms with van der Waals surface area (Å²) in [4.78, 5) is 11.2. The summed E-state index contributed by atoms with van der Waals surface area (Å²) in [7, 11) is 0. The van der Waals surface area contributed by atoms with Gasteiger partial charge in [-0.2, -0.15) is 0 Å². The predicted molar refractivity (Wildman–Crippen MR) is 80.0 cm³/mol. The molecule has 20 heavy (non-hydrogen) atoms. The van der Waals surface area contributed by atoms with Crippen molar-refractivity contribution in [2.75, 3.05) is 13.2 Å². The molecule has 0 unspecified atom stereocenters. The van der Waals surface area contributed by atoms with Crippen molar-refractivity contribution in [3.63, 3.8) is 0 Å². The fourth-order valence-corrected chi connectivity index (χ4v) is 2.15. The Labute approximate surface area is 119 Å². The van der Waals surface area contributed by atoms with Crippen LogP contribution in [0.15, 0.2) is 36.4 Å². The van der Waals surface area contributed by atoms with E-state index in [4.69, 9.17) is 9.47 Å². The highest BCUT2D eigenvalue weighted by atomic mass is 16.5. The Morgan fingerprint density at radius 2 is 2.05 bits per heavy atom. The van der Waals surface area contributed by atoms with Crippen LogP contribution in [0.5, 0.6) is 5.75 Å². The molecule has 2 rings (SSSR count). The minimum Gasteiger partial charge on any atom is -0.494 e. The Bertz CT molecular complexity index is 590. The summed E-state index contributed by atoms with van der Waals surface area (Å²) < 4.78 is 10.5. The first-order chi connectivity index (χ1) is 9.70. The third kappa shape index (κ3) is 3.73. The maximum atomic E-state index is 11.2. The van der Waals surface area contributed by atoms with E-state index in [0.29, 0.717) is 26.1 Å². The highest BCUT2D eigenvalue weighted by Gasteiger charge is 2.03. The van der Waals surface area contributed by atoms with Crippen LogP contribution in [0.2, 0.25) is 0 Å². The van der Waals surface area contributed by atoms with E-state index in [2.05, 4.69) is 25.1 Å². The minimum atomic E-state index is -0.162. The summed E-state index contributed by atoms with van der Waals surface area (Å²) in [5, 5.41) is 2.42. The predicted octanol–water partition coefficient (Wildman–Crippen LogP) is 3.87. The summed E-state index contributed by atoms with van der Waals surface area (Å²) in [6.45, 7) is 4.87. The Hall–Kier alpha value is -2.03. The van der Waals surface area contributed by atoms with Crippen molar-refractivity contribution in [3.8, 4) is 5.75 Å². The monoisotopic (exact) mass is 272 g/mol. The molecule has 0 aliphatic carbocycles. The number of carbonyl (C=O) groups excluding carboxylic acids is 1. The number of aryl methyl sites for hydroxylation is 1. The van der Waals surface area contributed by atoms with E-state index in [1.54, 1.807) is 0 Å². The number of benzene rings is 2. The van der Waals surface area contributed by atoms with Crippen LogP contribution in [0.1, 0.15) is 25.3 Å². The standard InChI is InChI=1S/C17H20O3/c1-3-19-17(18)8-5-11-20-15-9-10-16-13(2)6-4-7-14(16)12-15/h4,6-7,9-10,12H,3,5,8,11H2,1-2H3. The van der Waals surface area contributed by atoms with Gasteiger partial charge >= 0.3 is 5.97 Å². The molecule has 0 atom stereocenters. The van der Waals surface area contributed by atoms with E-state index in [9.17, 15) is 4.79 Å². The Morgan fingerprint density at radius 3 is 2.85 bits per heavy atom. The highest BCUT2D eigenvalue weighted by molar-refractivity contribution is 5.86. The zero-order valence-corrected chi connectivity index (χ0v) is 12.0. The third-order valence-electron chi connectivity index (χ3n) is 3.17. The maximum Gasteiger partial charge on any atom is 0.305 e. The molecule has 0 fully saturated rings. The van der Waals surface area contributed by atoms with Crippen LogP contribution in [0, 0.1) is 6.92 Å². The largest absolute Gasteiger partial charge is 0.494 e. The highest BCUT2D eigenvalue weighted by Crippen LogP contribution is 2.23. The van der Waals surface area contributed by atoms with Gasteiger partial charge in [0.25, 0.3) is 0 Å². The van der Waals surface area contributed by atoms with Crippen molar-refractivity contribution in [3.05, 3.63) is 42.0 Å². The second-order valence-electron chi connectivity index (χ2n) is 4.71. The molecule has 2 aromatic rings. The molecule has 0 bridgehead atoms. The molecule has 2 aromatic carbocycles. The maximum absolute atomic E-state index is 11.2. The molecule has 0 radical (unpaired) electrons. The lowest BCUT2D eigenvalue weighted by Gasteiger charge is -2.08. The first-order valence-electron chi connectivity index (χ1n) is 6.98. The summed E-state index contributed by atoms with van der Waals surface area (Å²) in [5.74, 6) is 0.678. The van der Waals surface area contributed by atoms with Gasteiger partial charge in [-0.3, -0.25) is 4.79 Å². The minimum absolute atomic E-state index is 0.162. The van der Waals surface area contributed by atoms with Gasteiger partial charge in [-0.15, -0.1) is 0 Å². The van der Waals surface area contributed by atoms with Crippen LogP contribution in [0.3, 0.4) is 0 Å². The molecule has 0 saturated carbocycles. The first-order valence-corrected chi connectivity index (χ1v) is 6.98. The molecule has 0 amide bonds. The normalized spacial score (nSPS) is 10.5. The van der Waals surface area contributed by atoms with Gasteiger partial charge in [0.1, 0.15) is 5.75 Å². The van der Waals surface area contributed by atoms with E-state index < -0.39 is 0 Å². The molecule has 0 aliphatic rings. The lowest BCUT2D eigenvalue weighted by Crippen LogP contribution is -2.06. The van der Waals surface area contributed by atoms with Gasteiger partial charge in [0.05, 0.1) is 13.2 Å². The van der Waals surface area contributed by atoms with Crippen LogP contribution in [-0.4, -0.2) is 19.2 Å². The summed E-state index contributed by atoms with van der Waals surface area (Å²) in [6, 6.07) is 12.3. The Kier molecular flexibility index (Phi) is 4.99. The fourth-order valence-electron chi connectivity index (χ4n) is 2.15. The second kappa shape index (κ2) is 6.94. The SMILES string of the molecule is CCOC(=O)CCCOc1ccc2c(C)cccc2c1. The lowest BCUT2D eigenvalue weighted by molar-refractivity contribution is -0.143. The third-order valence-corrected chi connectivity index (χ3v) is 3.17. The van der Waals surface area contributed by atoms with E-state index in [1.807, 2.05) is 25.1 Å². The quantitative estimate of drug-likeness (QED) is 0.591. The van der Waals surface area contributed by atoms with Crippen LogP contribution in [-0.2, 0) is 9.53 Å². The summed E-state index contributed by atoms with van der Waals surface area (Å²) in [6.07, 6.45) is 1.07. The molecule has 0 aromatic heterocycles. The van der Waals surface area contributed by atoms with Crippen LogP contribution >= 0.6 is 0 Å². The van der Waals surface area contributed by atoms with Crippen molar-refractivity contribution < 1.29 is 14.3 Å². The summed E-state index contributed by atoms with van der Waals surface area (Å²) in [5.41, 5.74) is 1.26. The zero-order valence-electron chi connectivity index (χ0n) is 12.0. The number of hydrogen-bond acceptors (Lipinski definition) is 3. The molecule has 3 heteroatoms. The molecule has 0 aliphatic heterocycles. The van der Waals surface area contributed by atoms with Crippen molar-refractivity contribution in [1.29, 1.82) is 0 Å². The average molecular weight is 272 g/mol. The number of fused-ring (bicyclic) bond motifs is 1. The number of esters is 1. The molecular weight excluding hydrogens is 252 g/mol. The van der Waals surface area contributed by atoms with Gasteiger partial charge in [0.2, 0.25) is 0 Å². The van der Waals surface area contributed by atoms with Gasteiger partial charge in [-0.25, -0.2) is 0 Å². The fraction of sp³-hybridized carbons (Fsp3) is 0.353. The first kappa shape index (κ1) is 14.4. The Morgan fingerprint density at radius 1 is 1.20 bits per heavy atom. The number of carbonyl (C=O) groups is 1. The van der Waals surface area contributed by atoms with Crippen molar-refractivity contribution >= 4 is 16.7 Å². The van der Waals surface area contributed by atoms with E-state index >= 15 is 0 Å². The second-order valence-corrected chi connectivity index (χ2v) is 4.71. The van der Waals surface area contributed by atoms with Gasteiger partial charge in [-0.05, 0) is 48.7 Å². The van der Waals surface area contributed by atoms with Crippen LogP contribution in [0.4, 0.5) is 0 Å². The average Bonchev–Trinajstić information content (AvgIpc) is 2.44. The number of ether oxygens (including phenoxy) is 2.